The zero-order valence-corrected chi connectivity index (χ0v) is 18.0. The quantitative estimate of drug-likeness (QED) is 0.405. The summed E-state index contributed by atoms with van der Waals surface area (Å²) in [5.41, 5.74) is 5.53. The Hall–Kier alpha value is -1.60. The Morgan fingerprint density at radius 2 is 1.88 bits per heavy atom. The van der Waals surface area contributed by atoms with Crippen molar-refractivity contribution in [1.29, 1.82) is 0 Å². The van der Waals surface area contributed by atoms with Gasteiger partial charge in [0.15, 0.2) is 5.96 Å². The first-order valence-corrected chi connectivity index (χ1v) is 9.04. The molecule has 0 aliphatic carbocycles. The molecule has 0 fully saturated rings. The summed E-state index contributed by atoms with van der Waals surface area (Å²) in [6, 6.07) is 17.3. The van der Waals surface area contributed by atoms with Gasteiger partial charge in [-0.1, -0.05) is 54.1 Å². The standard InChI is InChI=1S/C21H28N4.HI/c1-17-6-5-7-18(14-17)15-24-21(22-2)23-11-13-25-12-10-19-8-3-4-9-20(19)16-25;/h3-9,14H,10-13,15-16H2,1-2H3,(H2,22,23,24);1H. The second kappa shape index (κ2) is 10.5. The third kappa shape index (κ3) is 5.99. The molecule has 26 heavy (non-hydrogen) atoms. The Morgan fingerprint density at radius 3 is 2.65 bits per heavy atom. The number of nitrogens with zero attached hydrogens (tertiary/aromatic N) is 2. The first-order chi connectivity index (χ1) is 12.2. The van der Waals surface area contributed by atoms with Crippen molar-refractivity contribution in [2.75, 3.05) is 26.7 Å². The first kappa shape index (κ1) is 20.7. The third-order valence-electron chi connectivity index (χ3n) is 4.70. The number of aliphatic imine (C=N–C) groups is 1. The summed E-state index contributed by atoms with van der Waals surface area (Å²) >= 11 is 0. The average Bonchev–Trinajstić information content (AvgIpc) is 2.64. The predicted octanol–water partition coefficient (Wildman–Crippen LogP) is 3.34. The summed E-state index contributed by atoms with van der Waals surface area (Å²) in [6.45, 7) is 7.02. The van der Waals surface area contributed by atoms with Crippen molar-refractivity contribution in [1.82, 2.24) is 15.5 Å². The van der Waals surface area contributed by atoms with E-state index in [9.17, 15) is 0 Å². The molecule has 2 N–H and O–H groups in total. The molecule has 3 rings (SSSR count). The zero-order valence-electron chi connectivity index (χ0n) is 15.7. The normalized spacial score (nSPS) is 14.3. The molecule has 2 aromatic carbocycles. The van der Waals surface area contributed by atoms with E-state index in [1.54, 1.807) is 0 Å². The number of rotatable bonds is 5. The van der Waals surface area contributed by atoms with E-state index >= 15 is 0 Å². The Balaban J connectivity index is 0.00000243. The van der Waals surface area contributed by atoms with Crippen molar-refractivity contribution in [2.24, 2.45) is 4.99 Å². The molecule has 4 nitrogen and oxygen atoms in total. The van der Waals surface area contributed by atoms with Gasteiger partial charge in [-0.3, -0.25) is 9.89 Å². The lowest BCUT2D eigenvalue weighted by atomic mass is 10.00. The molecule has 5 heteroatoms. The fourth-order valence-electron chi connectivity index (χ4n) is 3.31. The van der Waals surface area contributed by atoms with Gasteiger partial charge in [-0.15, -0.1) is 24.0 Å². The molecule has 0 radical (unpaired) electrons. The zero-order chi connectivity index (χ0) is 17.5. The lowest BCUT2D eigenvalue weighted by Gasteiger charge is -2.28. The van der Waals surface area contributed by atoms with E-state index in [1.807, 2.05) is 7.05 Å². The number of benzene rings is 2. The van der Waals surface area contributed by atoms with Crippen LogP contribution in [0.3, 0.4) is 0 Å². The minimum atomic E-state index is 0. The second-order valence-electron chi connectivity index (χ2n) is 6.64. The molecule has 0 atom stereocenters. The lowest BCUT2D eigenvalue weighted by molar-refractivity contribution is 0.258. The maximum Gasteiger partial charge on any atom is 0.191 e. The van der Waals surface area contributed by atoms with Crippen LogP contribution in [0, 0.1) is 6.92 Å². The van der Waals surface area contributed by atoms with Crippen LogP contribution in [-0.2, 0) is 19.5 Å². The van der Waals surface area contributed by atoms with Gasteiger partial charge >= 0.3 is 0 Å². The Kier molecular flexibility index (Phi) is 8.38. The largest absolute Gasteiger partial charge is 0.355 e. The number of hydrogen-bond donors (Lipinski definition) is 2. The molecule has 0 unspecified atom stereocenters. The van der Waals surface area contributed by atoms with E-state index in [1.165, 1.54) is 22.3 Å². The van der Waals surface area contributed by atoms with E-state index in [4.69, 9.17) is 0 Å². The number of halogens is 1. The van der Waals surface area contributed by atoms with Crippen molar-refractivity contribution >= 4 is 29.9 Å². The predicted molar refractivity (Wildman–Crippen MR) is 120 cm³/mol. The van der Waals surface area contributed by atoms with Crippen LogP contribution < -0.4 is 10.6 Å². The Morgan fingerprint density at radius 1 is 1.08 bits per heavy atom. The highest BCUT2D eigenvalue weighted by Crippen LogP contribution is 2.17. The Bertz CT molecular complexity index is 729. The van der Waals surface area contributed by atoms with Gasteiger partial charge in [-0.25, -0.2) is 0 Å². The minimum absolute atomic E-state index is 0. The monoisotopic (exact) mass is 464 g/mol. The molecule has 0 amide bonds. The number of fused-ring (bicyclic) bond motifs is 1. The molecule has 0 bridgehead atoms. The van der Waals surface area contributed by atoms with Crippen LogP contribution in [0.4, 0.5) is 0 Å². The summed E-state index contributed by atoms with van der Waals surface area (Å²) in [4.78, 5) is 6.82. The van der Waals surface area contributed by atoms with E-state index in [-0.39, 0.29) is 24.0 Å². The van der Waals surface area contributed by atoms with Gasteiger partial charge in [-0.05, 0) is 30.0 Å². The van der Waals surface area contributed by atoms with Crippen molar-refractivity contribution in [3.8, 4) is 0 Å². The number of guanidine groups is 1. The van der Waals surface area contributed by atoms with Gasteiger partial charge in [-0.2, -0.15) is 0 Å². The molecule has 0 saturated heterocycles. The SMILES string of the molecule is CN=C(NCCN1CCc2ccccc2C1)NCc1cccc(C)c1.I. The molecular formula is C21H29IN4. The summed E-state index contributed by atoms with van der Waals surface area (Å²) in [7, 11) is 1.82. The molecule has 0 saturated carbocycles. The van der Waals surface area contributed by atoms with E-state index in [0.717, 1.165) is 45.1 Å². The van der Waals surface area contributed by atoms with Crippen LogP contribution in [0.5, 0.6) is 0 Å². The van der Waals surface area contributed by atoms with Crippen molar-refractivity contribution in [2.45, 2.75) is 26.4 Å². The van der Waals surface area contributed by atoms with Crippen LogP contribution in [0.15, 0.2) is 53.5 Å². The maximum absolute atomic E-state index is 4.32. The highest BCUT2D eigenvalue weighted by atomic mass is 127. The molecule has 1 aliphatic heterocycles. The third-order valence-corrected chi connectivity index (χ3v) is 4.70. The molecule has 140 valence electrons. The fourth-order valence-corrected chi connectivity index (χ4v) is 3.31. The van der Waals surface area contributed by atoms with E-state index in [0.29, 0.717) is 0 Å². The first-order valence-electron chi connectivity index (χ1n) is 9.04. The van der Waals surface area contributed by atoms with Crippen LogP contribution in [0.1, 0.15) is 22.3 Å². The highest BCUT2D eigenvalue weighted by molar-refractivity contribution is 14.0. The smallest absolute Gasteiger partial charge is 0.191 e. The maximum atomic E-state index is 4.32. The number of aryl methyl sites for hydroxylation is 1. The minimum Gasteiger partial charge on any atom is -0.355 e. The van der Waals surface area contributed by atoms with Crippen molar-refractivity contribution in [3.05, 3.63) is 70.8 Å². The topological polar surface area (TPSA) is 39.7 Å². The summed E-state index contributed by atoms with van der Waals surface area (Å²) in [5, 5.41) is 6.81. The fraction of sp³-hybridized carbons (Fsp3) is 0.381. The Labute approximate surface area is 174 Å². The van der Waals surface area contributed by atoms with Gasteiger partial charge < -0.3 is 10.6 Å². The summed E-state index contributed by atoms with van der Waals surface area (Å²) < 4.78 is 0. The van der Waals surface area contributed by atoms with Gasteiger partial charge in [0, 0.05) is 39.8 Å². The molecular weight excluding hydrogens is 435 g/mol. The number of hydrogen-bond acceptors (Lipinski definition) is 2. The summed E-state index contributed by atoms with van der Waals surface area (Å²) in [5.74, 6) is 0.860. The van der Waals surface area contributed by atoms with Crippen molar-refractivity contribution in [3.63, 3.8) is 0 Å². The van der Waals surface area contributed by atoms with E-state index < -0.39 is 0 Å². The molecule has 1 aliphatic rings. The lowest BCUT2D eigenvalue weighted by Crippen LogP contribution is -2.42. The van der Waals surface area contributed by atoms with Crippen LogP contribution in [0.2, 0.25) is 0 Å². The van der Waals surface area contributed by atoms with Crippen LogP contribution in [0.25, 0.3) is 0 Å². The molecule has 0 spiro atoms. The molecule has 0 aromatic heterocycles. The molecule has 1 heterocycles. The molecule has 2 aromatic rings. The highest BCUT2D eigenvalue weighted by Gasteiger charge is 2.14. The van der Waals surface area contributed by atoms with Gasteiger partial charge in [0.2, 0.25) is 0 Å². The summed E-state index contributed by atoms with van der Waals surface area (Å²) in [6.07, 6.45) is 1.15. The second-order valence-corrected chi connectivity index (χ2v) is 6.64. The van der Waals surface area contributed by atoms with Crippen LogP contribution >= 0.6 is 24.0 Å². The van der Waals surface area contributed by atoms with E-state index in [2.05, 4.69) is 76.0 Å². The van der Waals surface area contributed by atoms with Gasteiger partial charge in [0.25, 0.3) is 0 Å². The van der Waals surface area contributed by atoms with Crippen LogP contribution in [-0.4, -0.2) is 37.5 Å². The number of nitrogens with one attached hydrogen (secondary N) is 2. The van der Waals surface area contributed by atoms with Gasteiger partial charge in [0.1, 0.15) is 0 Å². The average molecular weight is 464 g/mol. The van der Waals surface area contributed by atoms with Gasteiger partial charge in [0.05, 0.1) is 0 Å². The van der Waals surface area contributed by atoms with Crippen molar-refractivity contribution < 1.29 is 0 Å².